The van der Waals surface area contributed by atoms with Crippen LogP contribution in [0.15, 0.2) is 194 Å². The molecule has 0 saturated carbocycles. The second-order valence-corrected chi connectivity index (χ2v) is 25.1. The van der Waals surface area contributed by atoms with E-state index in [2.05, 4.69) is 292 Å². The highest BCUT2D eigenvalue weighted by Crippen LogP contribution is 2.48. The molecule has 5 nitrogen and oxygen atoms in total. The Morgan fingerprint density at radius 1 is 0.355 bits per heavy atom. The quantitative estimate of drug-likeness (QED) is 0.149. The predicted octanol–water partition coefficient (Wildman–Crippen LogP) is 17.6. The molecule has 9 aromatic carbocycles. The van der Waals surface area contributed by atoms with Crippen molar-refractivity contribution in [2.45, 2.75) is 105 Å². The van der Waals surface area contributed by atoms with Gasteiger partial charge >= 0.3 is 0 Å². The van der Waals surface area contributed by atoms with Crippen LogP contribution in [0, 0.1) is 0 Å². The highest BCUT2D eigenvalue weighted by Gasteiger charge is 2.43. The summed E-state index contributed by atoms with van der Waals surface area (Å²) < 4.78 is 17.2. The van der Waals surface area contributed by atoms with E-state index >= 15 is 0 Å². The third kappa shape index (κ3) is 8.52. The summed E-state index contributed by atoms with van der Waals surface area (Å²) in [6, 6.07) is 71.5. The van der Waals surface area contributed by atoms with Gasteiger partial charge in [-0.3, -0.25) is 0 Å². The van der Waals surface area contributed by atoms with Gasteiger partial charge < -0.3 is 23.8 Å². The molecule has 3 heterocycles. The van der Waals surface area contributed by atoms with E-state index in [0.29, 0.717) is 0 Å². The minimum Gasteiger partial charge on any atom is -0.458 e. The van der Waals surface area contributed by atoms with Gasteiger partial charge in [-0.1, -0.05) is 180 Å². The fraction of sp³-hybridized carbons (Fsp3) is 0.229. The number of nitrogens with zero attached hydrogens (tertiary/aromatic N) is 3. The van der Waals surface area contributed by atoms with Gasteiger partial charge in [-0.15, -0.1) is 0 Å². The van der Waals surface area contributed by atoms with Gasteiger partial charge in [0.2, 0.25) is 0 Å². The number of ether oxygens (including phenoxy) is 2. The molecule has 0 aliphatic carbocycles. The lowest BCUT2D eigenvalue weighted by Gasteiger charge is -2.35. The van der Waals surface area contributed by atoms with Crippen LogP contribution in [-0.4, -0.2) is 11.3 Å². The van der Waals surface area contributed by atoms with E-state index < -0.39 is 0 Å². The molecule has 0 radical (unpaired) electrons. The van der Waals surface area contributed by atoms with Gasteiger partial charge in [-0.25, -0.2) is 0 Å². The zero-order valence-electron chi connectivity index (χ0n) is 46.2. The fourth-order valence-electron chi connectivity index (χ4n) is 11.4. The molecule has 1 aromatic heterocycles. The summed E-state index contributed by atoms with van der Waals surface area (Å²) in [4.78, 5) is 4.73. The van der Waals surface area contributed by atoms with Gasteiger partial charge in [0.15, 0.2) is 5.75 Å². The maximum Gasteiger partial charge on any atom is 0.260 e. The van der Waals surface area contributed by atoms with Crippen molar-refractivity contribution in [2.75, 3.05) is 9.80 Å². The fourth-order valence-corrected chi connectivity index (χ4v) is 11.4. The van der Waals surface area contributed by atoms with E-state index in [1.54, 1.807) is 0 Å². The first-order chi connectivity index (χ1) is 36.2. The Morgan fingerprint density at radius 2 is 0.737 bits per heavy atom. The lowest BCUT2D eigenvalue weighted by atomic mass is 9.34. The molecule has 0 atom stereocenters. The molecule has 0 N–H and O–H groups in total. The third-order valence-electron chi connectivity index (χ3n) is 15.7. The zero-order chi connectivity index (χ0) is 53.1. The number of anilines is 6. The lowest BCUT2D eigenvalue weighted by Crippen LogP contribution is -2.57. The molecule has 2 aliphatic rings. The maximum atomic E-state index is 7.54. The molecule has 12 rings (SSSR count). The minimum atomic E-state index is -0.191. The number of para-hydroxylation sites is 2. The molecule has 0 saturated heterocycles. The van der Waals surface area contributed by atoms with Crippen molar-refractivity contribution in [1.82, 2.24) is 4.57 Å². The summed E-state index contributed by atoms with van der Waals surface area (Å²) in [5, 5.41) is 2.21. The van der Waals surface area contributed by atoms with E-state index in [1.165, 1.54) is 22.3 Å². The largest absolute Gasteiger partial charge is 0.458 e. The molecule has 0 spiro atoms. The van der Waals surface area contributed by atoms with Gasteiger partial charge in [-0.2, -0.15) is 0 Å². The Balaban J connectivity index is 1.07. The molecule has 0 fully saturated rings. The van der Waals surface area contributed by atoms with E-state index in [4.69, 9.17) is 9.47 Å². The molecule has 0 unspecified atom stereocenters. The van der Waals surface area contributed by atoms with Gasteiger partial charge in [0.1, 0.15) is 17.2 Å². The Bertz CT molecular complexity index is 3700. The smallest absolute Gasteiger partial charge is 0.260 e. The predicted molar refractivity (Wildman–Crippen MR) is 323 cm³/mol. The van der Waals surface area contributed by atoms with Crippen LogP contribution in [-0.2, 0) is 21.7 Å². The minimum absolute atomic E-state index is 0.0195. The summed E-state index contributed by atoms with van der Waals surface area (Å²) in [7, 11) is 0. The van der Waals surface area contributed by atoms with Crippen molar-refractivity contribution < 1.29 is 9.47 Å². The molecule has 0 bridgehead atoms. The van der Waals surface area contributed by atoms with Crippen LogP contribution < -0.4 is 35.7 Å². The van der Waals surface area contributed by atoms with Crippen LogP contribution in [0.2, 0.25) is 0 Å². The van der Waals surface area contributed by atoms with Crippen molar-refractivity contribution in [2.24, 2.45) is 0 Å². The van der Waals surface area contributed by atoms with Gasteiger partial charge in [-0.05, 0) is 140 Å². The molecular formula is C70H68BN3O2. The van der Waals surface area contributed by atoms with Gasteiger partial charge in [0.05, 0.1) is 11.0 Å². The van der Waals surface area contributed by atoms with Crippen molar-refractivity contribution in [1.29, 1.82) is 0 Å². The highest BCUT2D eigenvalue weighted by molar-refractivity contribution is 6.98. The molecule has 0 amide bonds. The molecular weight excluding hydrogens is 926 g/mol. The summed E-state index contributed by atoms with van der Waals surface area (Å²) in [5.41, 5.74) is 18.0. The van der Waals surface area contributed by atoms with Crippen LogP contribution in [0.4, 0.5) is 34.1 Å². The number of hydrogen-bond acceptors (Lipinski definition) is 4. The molecule has 2 aliphatic heterocycles. The summed E-state index contributed by atoms with van der Waals surface area (Å²) >= 11 is 0. The van der Waals surface area contributed by atoms with Crippen LogP contribution >= 0.6 is 0 Å². The number of hydrogen-bond donors (Lipinski definition) is 0. The molecule has 378 valence electrons. The van der Waals surface area contributed by atoms with Crippen LogP contribution in [0.1, 0.15) is 105 Å². The first-order valence-corrected chi connectivity index (χ1v) is 27.0. The van der Waals surface area contributed by atoms with Crippen molar-refractivity contribution in [3.05, 3.63) is 216 Å². The highest BCUT2D eigenvalue weighted by atomic mass is 16.5. The Kier molecular flexibility index (Phi) is 11.5. The second-order valence-electron chi connectivity index (χ2n) is 25.1. The standard InChI is InChI=1S/C70H68BN3O2/c1-67(2,3)45-22-30-50(31-23-45)72(51-32-24-46(25-33-51)68(4,5)6)54-38-40-58-61(42-54)75-63-44-57-56-20-16-17-21-60(56)74(49-18-14-13-15-19-49)65(57)66-64(63)71(58)59-41-39-55(43-62(59)76-66)73(52-34-26-47(27-35-52)69(7,8)9)53-36-28-48(29-37-53)70(10,11)12/h13-44H,1-12H3. The summed E-state index contributed by atoms with van der Waals surface area (Å²) in [6.45, 7) is 27.0. The monoisotopic (exact) mass is 994 g/mol. The Labute approximate surface area is 450 Å². The molecule has 10 aromatic rings. The van der Waals surface area contributed by atoms with E-state index in [1.807, 2.05) is 0 Å². The normalized spacial score (nSPS) is 13.2. The van der Waals surface area contributed by atoms with E-state index in [-0.39, 0.29) is 28.4 Å². The lowest BCUT2D eigenvalue weighted by molar-refractivity contribution is 0.468. The maximum absolute atomic E-state index is 7.54. The average Bonchev–Trinajstić information content (AvgIpc) is 3.80. The zero-order valence-corrected chi connectivity index (χ0v) is 46.2. The molecule has 76 heavy (non-hydrogen) atoms. The first-order valence-electron chi connectivity index (χ1n) is 27.0. The SMILES string of the molecule is CC(C)(C)c1ccc(N(c2ccc(C(C)(C)C)cc2)c2ccc3c(c2)Oc2cc4c5ccccc5n(-c5ccccc5)c4c4c2B3c2ccc(N(c3ccc(C(C)(C)C)cc3)c3ccc(C(C)(C)C)cc3)cc2O4)cc1. The van der Waals surface area contributed by atoms with Crippen LogP contribution in [0.3, 0.4) is 0 Å². The van der Waals surface area contributed by atoms with Crippen LogP contribution in [0.25, 0.3) is 27.5 Å². The van der Waals surface area contributed by atoms with Crippen molar-refractivity contribution >= 4 is 79.0 Å². The number of aromatic nitrogens is 1. The van der Waals surface area contributed by atoms with E-state index in [0.717, 1.165) is 101 Å². The number of fused-ring (bicyclic) bond motifs is 8. The summed E-state index contributed by atoms with van der Waals surface area (Å²) in [5.74, 6) is 3.26. The van der Waals surface area contributed by atoms with E-state index in [9.17, 15) is 0 Å². The summed E-state index contributed by atoms with van der Waals surface area (Å²) in [6.07, 6.45) is 0. The van der Waals surface area contributed by atoms with Gasteiger partial charge in [0.25, 0.3) is 6.71 Å². The Hall–Kier alpha value is -7.96. The second kappa shape index (κ2) is 17.8. The average molecular weight is 994 g/mol. The molecule has 6 heteroatoms. The van der Waals surface area contributed by atoms with Crippen LogP contribution in [0.5, 0.6) is 23.0 Å². The third-order valence-corrected chi connectivity index (χ3v) is 15.7. The number of benzene rings is 9. The first kappa shape index (κ1) is 49.0. The topological polar surface area (TPSA) is 29.9 Å². The van der Waals surface area contributed by atoms with Gasteiger partial charge in [0, 0.05) is 68.2 Å². The van der Waals surface area contributed by atoms with Crippen molar-refractivity contribution in [3.8, 4) is 28.7 Å². The van der Waals surface area contributed by atoms with Crippen molar-refractivity contribution in [3.63, 3.8) is 0 Å². The number of rotatable bonds is 7. The Morgan fingerprint density at radius 3 is 1.16 bits per heavy atom.